The van der Waals surface area contributed by atoms with Gasteiger partial charge in [0.05, 0.1) is 6.61 Å². The van der Waals surface area contributed by atoms with E-state index in [-0.39, 0.29) is 12.5 Å². The SMILES string of the molecule is CCOc1ccc(CN(C(C)=O)C(C)C(=O)O)cc1. The van der Waals surface area contributed by atoms with Gasteiger partial charge in [0.25, 0.3) is 0 Å². The number of aliphatic carboxylic acids is 1. The van der Waals surface area contributed by atoms with E-state index in [0.29, 0.717) is 6.61 Å². The zero-order valence-corrected chi connectivity index (χ0v) is 11.4. The molecule has 1 amide bonds. The molecule has 0 fully saturated rings. The summed E-state index contributed by atoms with van der Waals surface area (Å²) >= 11 is 0. The van der Waals surface area contributed by atoms with Crippen molar-refractivity contribution >= 4 is 11.9 Å². The maximum absolute atomic E-state index is 11.5. The summed E-state index contributed by atoms with van der Waals surface area (Å²) in [6, 6.07) is 6.43. The fraction of sp³-hybridized carbons (Fsp3) is 0.429. The van der Waals surface area contributed by atoms with Crippen LogP contribution in [0.2, 0.25) is 0 Å². The lowest BCUT2D eigenvalue weighted by molar-refractivity contribution is -0.149. The van der Waals surface area contributed by atoms with E-state index in [4.69, 9.17) is 9.84 Å². The molecule has 0 aliphatic rings. The van der Waals surface area contributed by atoms with Crippen LogP contribution >= 0.6 is 0 Å². The van der Waals surface area contributed by atoms with Crippen LogP contribution in [0.3, 0.4) is 0 Å². The summed E-state index contributed by atoms with van der Waals surface area (Å²) in [6.07, 6.45) is 0. The Bertz CT molecular complexity index is 441. The number of amides is 1. The summed E-state index contributed by atoms with van der Waals surface area (Å²) in [5, 5.41) is 8.98. The third kappa shape index (κ3) is 4.28. The second kappa shape index (κ2) is 6.78. The first-order chi connectivity index (χ1) is 8.95. The predicted molar refractivity (Wildman–Crippen MR) is 70.9 cm³/mol. The van der Waals surface area contributed by atoms with Crippen molar-refractivity contribution in [3.8, 4) is 5.75 Å². The van der Waals surface area contributed by atoms with Crippen LogP contribution in [0.4, 0.5) is 0 Å². The van der Waals surface area contributed by atoms with E-state index in [1.165, 1.54) is 18.7 Å². The quantitative estimate of drug-likeness (QED) is 0.853. The van der Waals surface area contributed by atoms with Gasteiger partial charge in [-0.2, -0.15) is 0 Å². The van der Waals surface area contributed by atoms with E-state index in [2.05, 4.69) is 0 Å². The van der Waals surface area contributed by atoms with Gasteiger partial charge in [-0.1, -0.05) is 12.1 Å². The van der Waals surface area contributed by atoms with Gasteiger partial charge in [0.1, 0.15) is 11.8 Å². The minimum atomic E-state index is -1.01. The monoisotopic (exact) mass is 265 g/mol. The van der Waals surface area contributed by atoms with Crippen molar-refractivity contribution in [1.82, 2.24) is 4.90 Å². The summed E-state index contributed by atoms with van der Waals surface area (Å²) in [5.74, 6) is -0.517. The molecule has 0 aromatic heterocycles. The maximum Gasteiger partial charge on any atom is 0.326 e. The van der Waals surface area contributed by atoms with E-state index >= 15 is 0 Å². The van der Waals surface area contributed by atoms with Gasteiger partial charge in [0.2, 0.25) is 5.91 Å². The highest BCUT2D eigenvalue weighted by Gasteiger charge is 2.22. The number of ether oxygens (including phenoxy) is 1. The Hall–Kier alpha value is -2.04. The number of benzene rings is 1. The lowest BCUT2D eigenvalue weighted by Gasteiger charge is -2.25. The molecule has 0 saturated carbocycles. The van der Waals surface area contributed by atoms with Crippen LogP contribution in [0.15, 0.2) is 24.3 Å². The second-order valence-corrected chi connectivity index (χ2v) is 4.24. The Morgan fingerprint density at radius 3 is 2.32 bits per heavy atom. The van der Waals surface area contributed by atoms with Crippen molar-refractivity contribution in [3.63, 3.8) is 0 Å². The molecule has 0 saturated heterocycles. The molecule has 1 aromatic carbocycles. The molecule has 1 unspecified atom stereocenters. The zero-order valence-electron chi connectivity index (χ0n) is 11.4. The molecule has 0 bridgehead atoms. The van der Waals surface area contributed by atoms with E-state index in [1.807, 2.05) is 31.2 Å². The largest absolute Gasteiger partial charge is 0.494 e. The molecular weight excluding hydrogens is 246 g/mol. The first-order valence-corrected chi connectivity index (χ1v) is 6.17. The average Bonchev–Trinajstić information content (AvgIpc) is 2.37. The molecule has 0 aliphatic heterocycles. The lowest BCUT2D eigenvalue weighted by atomic mass is 10.1. The highest BCUT2D eigenvalue weighted by Crippen LogP contribution is 2.15. The van der Waals surface area contributed by atoms with Crippen molar-refractivity contribution in [2.75, 3.05) is 6.61 Å². The minimum absolute atomic E-state index is 0.260. The molecule has 19 heavy (non-hydrogen) atoms. The Balaban J connectivity index is 2.79. The smallest absolute Gasteiger partial charge is 0.326 e. The highest BCUT2D eigenvalue weighted by atomic mass is 16.5. The van der Waals surface area contributed by atoms with Crippen LogP contribution in [-0.4, -0.2) is 34.5 Å². The number of carbonyl (C=O) groups excluding carboxylic acids is 1. The molecule has 1 aromatic rings. The molecule has 5 nitrogen and oxygen atoms in total. The summed E-state index contributed by atoms with van der Waals surface area (Å²) in [7, 11) is 0. The number of carboxylic acids is 1. The summed E-state index contributed by atoms with van der Waals surface area (Å²) in [4.78, 5) is 23.8. The Morgan fingerprint density at radius 1 is 1.32 bits per heavy atom. The molecule has 0 spiro atoms. The molecule has 0 radical (unpaired) electrons. The highest BCUT2D eigenvalue weighted by molar-refractivity contribution is 5.81. The van der Waals surface area contributed by atoms with Crippen molar-refractivity contribution in [1.29, 1.82) is 0 Å². The van der Waals surface area contributed by atoms with Gasteiger partial charge in [-0.25, -0.2) is 4.79 Å². The van der Waals surface area contributed by atoms with Crippen LogP contribution in [0.25, 0.3) is 0 Å². The van der Waals surface area contributed by atoms with Crippen LogP contribution in [0.5, 0.6) is 5.75 Å². The topological polar surface area (TPSA) is 66.8 Å². The fourth-order valence-corrected chi connectivity index (χ4v) is 1.71. The maximum atomic E-state index is 11.5. The zero-order chi connectivity index (χ0) is 14.4. The van der Waals surface area contributed by atoms with Crippen LogP contribution in [0, 0.1) is 0 Å². The van der Waals surface area contributed by atoms with Gasteiger partial charge in [-0.05, 0) is 31.5 Å². The third-order valence-corrected chi connectivity index (χ3v) is 2.82. The molecule has 1 N–H and O–H groups in total. The van der Waals surface area contributed by atoms with Crippen molar-refractivity contribution < 1.29 is 19.4 Å². The lowest BCUT2D eigenvalue weighted by Crippen LogP contribution is -2.41. The molecule has 0 aliphatic carbocycles. The first kappa shape index (κ1) is 15.0. The Kier molecular flexibility index (Phi) is 5.36. The minimum Gasteiger partial charge on any atom is -0.494 e. The number of carbonyl (C=O) groups is 2. The fourth-order valence-electron chi connectivity index (χ4n) is 1.71. The van der Waals surface area contributed by atoms with Gasteiger partial charge >= 0.3 is 5.97 Å². The van der Waals surface area contributed by atoms with E-state index in [9.17, 15) is 9.59 Å². The van der Waals surface area contributed by atoms with Crippen LogP contribution in [0.1, 0.15) is 26.3 Å². The molecule has 5 heteroatoms. The van der Waals surface area contributed by atoms with E-state index in [0.717, 1.165) is 11.3 Å². The van der Waals surface area contributed by atoms with Gasteiger partial charge in [-0.3, -0.25) is 4.79 Å². The standard InChI is InChI=1S/C14H19NO4/c1-4-19-13-7-5-12(6-8-13)9-15(11(3)16)10(2)14(17)18/h5-8,10H,4,9H2,1-3H3,(H,17,18). The second-order valence-electron chi connectivity index (χ2n) is 4.24. The Labute approximate surface area is 112 Å². The molecule has 1 rings (SSSR count). The summed E-state index contributed by atoms with van der Waals surface area (Å²) in [6.45, 7) is 5.64. The number of hydrogen-bond acceptors (Lipinski definition) is 3. The number of nitrogens with zero attached hydrogens (tertiary/aromatic N) is 1. The van der Waals surface area contributed by atoms with Crippen molar-refractivity contribution in [3.05, 3.63) is 29.8 Å². The average molecular weight is 265 g/mol. The first-order valence-electron chi connectivity index (χ1n) is 6.17. The van der Waals surface area contributed by atoms with Crippen LogP contribution < -0.4 is 4.74 Å². The van der Waals surface area contributed by atoms with E-state index < -0.39 is 12.0 Å². The molecule has 104 valence electrons. The van der Waals surface area contributed by atoms with Crippen LogP contribution in [-0.2, 0) is 16.1 Å². The third-order valence-electron chi connectivity index (χ3n) is 2.82. The van der Waals surface area contributed by atoms with Gasteiger partial charge in [0.15, 0.2) is 0 Å². The van der Waals surface area contributed by atoms with Crippen molar-refractivity contribution in [2.24, 2.45) is 0 Å². The summed E-state index contributed by atoms with van der Waals surface area (Å²) < 4.78 is 5.32. The van der Waals surface area contributed by atoms with E-state index in [1.54, 1.807) is 0 Å². The number of carboxylic acid groups (broad SMARTS) is 1. The molecular formula is C14H19NO4. The molecule has 1 atom stereocenters. The molecule has 0 heterocycles. The van der Waals surface area contributed by atoms with Crippen molar-refractivity contribution in [2.45, 2.75) is 33.4 Å². The van der Waals surface area contributed by atoms with Gasteiger partial charge in [-0.15, -0.1) is 0 Å². The van der Waals surface area contributed by atoms with Gasteiger partial charge < -0.3 is 14.7 Å². The van der Waals surface area contributed by atoms with Gasteiger partial charge in [0, 0.05) is 13.5 Å². The summed E-state index contributed by atoms with van der Waals surface area (Å²) in [5.41, 5.74) is 0.867. The normalized spacial score (nSPS) is 11.7. The number of rotatable bonds is 6. The predicted octanol–water partition coefficient (Wildman–Crippen LogP) is 1.91. The Morgan fingerprint density at radius 2 is 1.89 bits per heavy atom. The number of hydrogen-bond donors (Lipinski definition) is 1.